The number of fused-ring (bicyclic) bond motifs is 1. The number of hydrogen-bond acceptors (Lipinski definition) is 5. The van der Waals surface area contributed by atoms with Crippen LogP contribution in [0.3, 0.4) is 0 Å². The molecule has 0 amide bonds. The van der Waals surface area contributed by atoms with Gasteiger partial charge in [-0.05, 0) is 6.07 Å². The molecular weight excluding hydrogens is 328 g/mol. The van der Waals surface area contributed by atoms with Crippen LogP contribution in [-0.2, 0) is 0 Å². The first-order valence-electron chi connectivity index (χ1n) is 7.97. The average molecular weight is 340 g/mol. The van der Waals surface area contributed by atoms with E-state index in [1.165, 1.54) is 6.07 Å². The van der Waals surface area contributed by atoms with Crippen molar-refractivity contribution in [1.29, 1.82) is 10.7 Å². The van der Waals surface area contributed by atoms with Gasteiger partial charge in [0, 0.05) is 22.3 Å². The van der Waals surface area contributed by atoms with E-state index in [9.17, 15) is 14.9 Å². The van der Waals surface area contributed by atoms with Crippen molar-refractivity contribution in [3.63, 3.8) is 0 Å². The summed E-state index contributed by atoms with van der Waals surface area (Å²) in [5.41, 5.74) is 1.37. The lowest BCUT2D eigenvalue weighted by atomic mass is 9.90. The lowest BCUT2D eigenvalue weighted by Crippen LogP contribution is -2.17. The van der Waals surface area contributed by atoms with Crippen LogP contribution in [0.15, 0.2) is 65.1 Å². The summed E-state index contributed by atoms with van der Waals surface area (Å²) in [5.74, 6) is -1.45. The number of carbonyl (C=O) groups is 2. The third-order valence-electron chi connectivity index (χ3n) is 4.46. The number of nitriles is 1. The Morgan fingerprint density at radius 2 is 1.50 bits per heavy atom. The molecule has 1 aromatic heterocycles. The van der Waals surface area contributed by atoms with Crippen molar-refractivity contribution in [3.05, 3.63) is 88.5 Å². The number of benzene rings is 2. The number of nitrogens with zero attached hydrogens (tertiary/aromatic N) is 1. The molecule has 0 aliphatic heterocycles. The number of carbonyl (C=O) groups excluding carboxylic acids is 2. The smallest absolute Gasteiger partial charge is 0.229 e. The van der Waals surface area contributed by atoms with Crippen molar-refractivity contribution < 1.29 is 14.0 Å². The maximum absolute atomic E-state index is 12.9. The molecule has 0 saturated heterocycles. The molecule has 1 heterocycles. The zero-order valence-corrected chi connectivity index (χ0v) is 13.5. The second-order valence-electron chi connectivity index (χ2n) is 5.96. The normalized spacial score (nSPS) is 13.5. The van der Waals surface area contributed by atoms with E-state index in [4.69, 9.17) is 9.83 Å². The van der Waals surface area contributed by atoms with Crippen molar-refractivity contribution in [2.75, 3.05) is 0 Å². The standard InChI is InChI=1S/C21H12N2O3/c22-11-13-10-16(20(26-21(13)23)12-6-2-1-3-7-12)17-18(24)14-8-4-5-9-15(14)19(17)25/h1-10,17,23H. The Hall–Kier alpha value is -3.78. The number of nitrogens with one attached hydrogen (secondary N) is 1. The van der Waals surface area contributed by atoms with Gasteiger partial charge in [-0.3, -0.25) is 15.0 Å². The SMILES string of the molecule is N#Cc1cc(C2C(=O)c3ccccc3C2=O)c(-c2ccccc2)oc1=N. The third kappa shape index (κ3) is 2.28. The summed E-state index contributed by atoms with van der Waals surface area (Å²) in [6, 6.07) is 18.9. The zero-order valence-electron chi connectivity index (χ0n) is 13.5. The lowest BCUT2D eigenvalue weighted by molar-refractivity contribution is 0.0889. The van der Waals surface area contributed by atoms with Gasteiger partial charge in [0.15, 0.2) is 11.6 Å². The van der Waals surface area contributed by atoms with Crippen molar-refractivity contribution in [3.8, 4) is 17.4 Å². The van der Waals surface area contributed by atoms with E-state index >= 15 is 0 Å². The largest absolute Gasteiger partial charge is 0.437 e. The quantitative estimate of drug-likeness (QED) is 0.723. The molecule has 1 aliphatic rings. The van der Waals surface area contributed by atoms with Crippen LogP contribution in [-0.4, -0.2) is 11.6 Å². The predicted octanol–water partition coefficient (Wildman–Crippen LogP) is 3.46. The van der Waals surface area contributed by atoms with Gasteiger partial charge >= 0.3 is 0 Å². The first-order chi connectivity index (χ1) is 12.6. The number of rotatable bonds is 2. The highest BCUT2D eigenvalue weighted by Crippen LogP contribution is 2.38. The third-order valence-corrected chi connectivity index (χ3v) is 4.46. The topological polar surface area (TPSA) is 94.9 Å². The van der Waals surface area contributed by atoms with E-state index in [0.29, 0.717) is 22.3 Å². The summed E-state index contributed by atoms with van der Waals surface area (Å²) in [5, 5.41) is 17.2. The van der Waals surface area contributed by atoms with Gasteiger partial charge in [0.1, 0.15) is 23.3 Å². The maximum Gasteiger partial charge on any atom is 0.229 e. The molecule has 3 aromatic rings. The molecule has 1 N–H and O–H groups in total. The second-order valence-corrected chi connectivity index (χ2v) is 5.96. The van der Waals surface area contributed by atoms with Gasteiger partial charge in [-0.2, -0.15) is 5.26 Å². The van der Waals surface area contributed by atoms with Crippen molar-refractivity contribution in [1.82, 2.24) is 0 Å². The summed E-state index contributed by atoms with van der Waals surface area (Å²) < 4.78 is 5.56. The van der Waals surface area contributed by atoms with Gasteiger partial charge in [-0.15, -0.1) is 0 Å². The molecule has 0 radical (unpaired) electrons. The average Bonchev–Trinajstić information content (AvgIpc) is 2.93. The molecule has 0 fully saturated rings. The van der Waals surface area contributed by atoms with Crippen LogP contribution in [0.25, 0.3) is 11.3 Å². The minimum absolute atomic E-state index is 0.0174. The Bertz CT molecular complexity index is 1120. The molecule has 0 saturated carbocycles. The van der Waals surface area contributed by atoms with Crippen LogP contribution in [0.5, 0.6) is 0 Å². The molecule has 0 bridgehead atoms. The van der Waals surface area contributed by atoms with Gasteiger partial charge in [0.05, 0.1) is 0 Å². The molecule has 0 unspecified atom stereocenters. The molecule has 4 rings (SSSR count). The molecule has 5 nitrogen and oxygen atoms in total. The number of hydrogen-bond donors (Lipinski definition) is 1. The minimum Gasteiger partial charge on any atom is -0.437 e. The number of ketones is 2. The Morgan fingerprint density at radius 3 is 2.08 bits per heavy atom. The Morgan fingerprint density at radius 1 is 0.923 bits per heavy atom. The Labute approximate surface area is 148 Å². The van der Waals surface area contributed by atoms with E-state index in [2.05, 4.69) is 0 Å². The first kappa shape index (κ1) is 15.7. The highest BCUT2D eigenvalue weighted by molar-refractivity contribution is 6.30. The van der Waals surface area contributed by atoms with Gasteiger partial charge in [-0.25, -0.2) is 0 Å². The van der Waals surface area contributed by atoms with Gasteiger partial charge in [-0.1, -0.05) is 54.6 Å². The summed E-state index contributed by atoms with van der Waals surface area (Å²) >= 11 is 0. The van der Waals surface area contributed by atoms with Gasteiger partial charge in [0.25, 0.3) is 0 Å². The molecule has 5 heteroatoms. The minimum atomic E-state index is -1.07. The highest BCUT2D eigenvalue weighted by Gasteiger charge is 2.41. The van der Waals surface area contributed by atoms with E-state index < -0.39 is 5.92 Å². The molecule has 26 heavy (non-hydrogen) atoms. The van der Waals surface area contributed by atoms with Crippen LogP contribution >= 0.6 is 0 Å². The summed E-state index contributed by atoms with van der Waals surface area (Å²) in [7, 11) is 0. The Balaban J connectivity index is 1.98. The van der Waals surface area contributed by atoms with E-state index in [1.54, 1.807) is 48.5 Å². The van der Waals surface area contributed by atoms with Crippen LogP contribution in [0.1, 0.15) is 37.8 Å². The second kappa shape index (κ2) is 5.94. The van der Waals surface area contributed by atoms with Crippen LogP contribution in [0.2, 0.25) is 0 Å². The molecular formula is C21H12N2O3. The van der Waals surface area contributed by atoms with Crippen molar-refractivity contribution in [2.45, 2.75) is 5.92 Å². The fraction of sp³-hybridized carbons (Fsp3) is 0.0476. The van der Waals surface area contributed by atoms with Crippen molar-refractivity contribution in [2.24, 2.45) is 0 Å². The highest BCUT2D eigenvalue weighted by atomic mass is 16.3. The first-order valence-corrected chi connectivity index (χ1v) is 7.97. The molecule has 0 spiro atoms. The lowest BCUT2D eigenvalue weighted by Gasteiger charge is -2.13. The molecule has 2 aromatic carbocycles. The Kier molecular flexibility index (Phi) is 3.59. The monoisotopic (exact) mass is 340 g/mol. The number of Topliss-reactive ketones (excluding diaryl/α,β-unsaturated/α-hetero) is 2. The summed E-state index contributed by atoms with van der Waals surface area (Å²) in [6.45, 7) is 0. The van der Waals surface area contributed by atoms with E-state index in [1.807, 2.05) is 12.1 Å². The van der Waals surface area contributed by atoms with Gasteiger partial charge in [0.2, 0.25) is 5.55 Å². The van der Waals surface area contributed by atoms with E-state index in [0.717, 1.165) is 0 Å². The van der Waals surface area contributed by atoms with Crippen LogP contribution < -0.4 is 5.55 Å². The van der Waals surface area contributed by atoms with Crippen LogP contribution in [0, 0.1) is 16.7 Å². The molecule has 1 aliphatic carbocycles. The predicted molar refractivity (Wildman–Crippen MR) is 92.6 cm³/mol. The fourth-order valence-corrected chi connectivity index (χ4v) is 3.24. The summed E-state index contributed by atoms with van der Waals surface area (Å²) in [6.07, 6.45) is 0. The zero-order chi connectivity index (χ0) is 18.3. The van der Waals surface area contributed by atoms with E-state index in [-0.39, 0.29) is 28.4 Å². The van der Waals surface area contributed by atoms with Gasteiger partial charge < -0.3 is 4.42 Å². The molecule has 0 atom stereocenters. The van der Waals surface area contributed by atoms with Crippen LogP contribution in [0.4, 0.5) is 0 Å². The maximum atomic E-state index is 12.9. The molecule has 124 valence electrons. The summed E-state index contributed by atoms with van der Waals surface area (Å²) in [4.78, 5) is 25.8. The fourth-order valence-electron chi connectivity index (χ4n) is 3.24. The van der Waals surface area contributed by atoms with Crippen molar-refractivity contribution >= 4 is 11.6 Å².